The second-order valence-electron chi connectivity index (χ2n) is 5.67. The van der Waals surface area contributed by atoms with Gasteiger partial charge in [-0.2, -0.15) is 10.2 Å². The summed E-state index contributed by atoms with van der Waals surface area (Å²) in [5.74, 6) is 0.726. The summed E-state index contributed by atoms with van der Waals surface area (Å²) in [6, 6.07) is 8.52. The molecule has 7 nitrogen and oxygen atoms in total. The van der Waals surface area contributed by atoms with Crippen molar-refractivity contribution in [3.8, 4) is 6.07 Å². The first-order chi connectivity index (χ1) is 11.5. The molecule has 0 saturated heterocycles. The summed E-state index contributed by atoms with van der Waals surface area (Å²) >= 11 is 0. The monoisotopic (exact) mass is 346 g/mol. The van der Waals surface area contributed by atoms with Crippen molar-refractivity contribution in [1.82, 2.24) is 10.1 Å². The van der Waals surface area contributed by atoms with Crippen molar-refractivity contribution in [2.45, 2.75) is 26.0 Å². The van der Waals surface area contributed by atoms with Crippen LogP contribution in [0.3, 0.4) is 0 Å². The lowest BCUT2D eigenvalue weighted by Gasteiger charge is -2.04. The first-order valence-corrected chi connectivity index (χ1v) is 8.91. The Kier molecular flexibility index (Phi) is 6.21. The maximum absolute atomic E-state index is 12.0. The first-order valence-electron chi connectivity index (χ1n) is 7.42. The number of carbonyl (C=O) groups excluding carboxylic acids is 1. The fourth-order valence-corrected chi connectivity index (χ4v) is 2.86. The van der Waals surface area contributed by atoms with Crippen molar-refractivity contribution in [2.75, 3.05) is 11.1 Å². The molecule has 0 radical (unpaired) electrons. The number of carbonyl (C=O) groups is 1. The van der Waals surface area contributed by atoms with Crippen LogP contribution in [0, 0.1) is 17.2 Å². The van der Waals surface area contributed by atoms with Crippen LogP contribution in [0.25, 0.3) is 0 Å². The molecule has 126 valence electrons. The zero-order valence-corrected chi connectivity index (χ0v) is 14.3. The second kappa shape index (κ2) is 8.36. The summed E-state index contributed by atoms with van der Waals surface area (Å²) < 4.78 is 17.1. The van der Waals surface area contributed by atoms with Crippen LogP contribution in [-0.2, 0) is 27.8 Å². The van der Waals surface area contributed by atoms with E-state index in [2.05, 4.69) is 15.5 Å². The number of nitriles is 1. The molecule has 0 fully saturated rings. The number of aromatic nitrogens is 2. The van der Waals surface area contributed by atoms with Gasteiger partial charge in [-0.25, -0.2) is 0 Å². The molecular weight excluding hydrogens is 328 g/mol. The molecule has 0 saturated carbocycles. The molecule has 24 heavy (non-hydrogen) atoms. The molecule has 1 heterocycles. The Labute approximate surface area is 142 Å². The maximum atomic E-state index is 12.0. The Morgan fingerprint density at radius 1 is 1.46 bits per heavy atom. The SMILES string of the molecule is CC(C)Cc1nc(C[S@@](=O)CC(=O)Nc2cccc(C#N)c2)no1. The van der Waals surface area contributed by atoms with E-state index in [1.807, 2.05) is 19.9 Å². The molecule has 2 rings (SSSR count). The van der Waals surface area contributed by atoms with E-state index < -0.39 is 16.7 Å². The van der Waals surface area contributed by atoms with Gasteiger partial charge >= 0.3 is 0 Å². The zero-order chi connectivity index (χ0) is 17.5. The highest BCUT2D eigenvalue weighted by atomic mass is 32.2. The standard InChI is InChI=1S/C16H18N4O3S/c1-11(2)6-16-19-14(20-23-16)9-24(22)10-15(21)18-13-5-3-4-12(7-13)8-17/h3-5,7,11H,6,9-10H2,1-2H3,(H,18,21)/t24-/m1/s1. The largest absolute Gasteiger partial charge is 0.339 e. The normalized spacial score (nSPS) is 11.9. The average Bonchev–Trinajstić information content (AvgIpc) is 2.93. The summed E-state index contributed by atoms with van der Waals surface area (Å²) in [6.45, 7) is 4.07. The van der Waals surface area contributed by atoms with Crippen molar-refractivity contribution in [3.63, 3.8) is 0 Å². The summed E-state index contributed by atoms with van der Waals surface area (Å²) in [6.07, 6.45) is 0.662. The average molecular weight is 346 g/mol. The number of hydrogen-bond acceptors (Lipinski definition) is 6. The molecule has 0 aliphatic rings. The number of anilines is 1. The van der Waals surface area contributed by atoms with Crippen LogP contribution in [0.5, 0.6) is 0 Å². The third-order valence-electron chi connectivity index (χ3n) is 2.95. The number of hydrogen-bond donors (Lipinski definition) is 1. The molecule has 1 aromatic carbocycles. The van der Waals surface area contributed by atoms with E-state index in [1.54, 1.807) is 24.3 Å². The molecule has 0 aliphatic carbocycles. The van der Waals surface area contributed by atoms with Gasteiger partial charge in [0.2, 0.25) is 11.8 Å². The summed E-state index contributed by atoms with van der Waals surface area (Å²) in [4.78, 5) is 16.1. The number of nitrogens with one attached hydrogen (secondary N) is 1. The maximum Gasteiger partial charge on any atom is 0.237 e. The van der Waals surface area contributed by atoms with Gasteiger partial charge in [-0.1, -0.05) is 25.1 Å². The van der Waals surface area contributed by atoms with E-state index >= 15 is 0 Å². The number of nitrogens with zero attached hydrogens (tertiary/aromatic N) is 3. The van der Waals surface area contributed by atoms with Crippen LogP contribution < -0.4 is 5.32 Å². The fourth-order valence-electron chi connectivity index (χ4n) is 1.99. The lowest BCUT2D eigenvalue weighted by atomic mass is 10.1. The van der Waals surface area contributed by atoms with Crippen LogP contribution in [0.2, 0.25) is 0 Å². The minimum Gasteiger partial charge on any atom is -0.339 e. The topological polar surface area (TPSA) is 109 Å². The first kappa shape index (κ1) is 17.8. The quantitative estimate of drug-likeness (QED) is 0.821. The second-order valence-corrected chi connectivity index (χ2v) is 7.13. The van der Waals surface area contributed by atoms with E-state index in [0.717, 1.165) is 0 Å². The highest BCUT2D eigenvalue weighted by Gasteiger charge is 2.14. The molecule has 1 atom stereocenters. The Hall–Kier alpha value is -2.53. The summed E-state index contributed by atoms with van der Waals surface area (Å²) in [5.41, 5.74) is 0.938. The van der Waals surface area contributed by atoms with Crippen LogP contribution in [-0.4, -0.2) is 26.0 Å². The predicted molar refractivity (Wildman–Crippen MR) is 89.3 cm³/mol. The van der Waals surface area contributed by atoms with Crippen LogP contribution in [0.1, 0.15) is 31.1 Å². The molecule has 8 heteroatoms. The number of rotatable bonds is 7. The van der Waals surface area contributed by atoms with Crippen molar-refractivity contribution in [1.29, 1.82) is 5.26 Å². The van der Waals surface area contributed by atoms with Gasteiger partial charge in [0.05, 0.1) is 17.4 Å². The van der Waals surface area contributed by atoms with Gasteiger partial charge in [-0.15, -0.1) is 0 Å². The van der Waals surface area contributed by atoms with Gasteiger partial charge in [-0.05, 0) is 24.1 Å². The Morgan fingerprint density at radius 2 is 2.25 bits per heavy atom. The summed E-state index contributed by atoms with van der Waals surface area (Å²) in [5, 5.41) is 15.2. The Balaban J connectivity index is 1.86. The van der Waals surface area contributed by atoms with Gasteiger partial charge in [-0.3, -0.25) is 9.00 Å². The van der Waals surface area contributed by atoms with Gasteiger partial charge in [0.1, 0.15) is 5.75 Å². The molecule has 2 aromatic rings. The Morgan fingerprint density at radius 3 is 2.96 bits per heavy atom. The smallest absolute Gasteiger partial charge is 0.237 e. The third kappa shape index (κ3) is 5.59. The van der Waals surface area contributed by atoms with Crippen LogP contribution in [0.15, 0.2) is 28.8 Å². The minimum absolute atomic E-state index is 0.0627. The number of amides is 1. The van der Waals surface area contributed by atoms with Crippen molar-refractivity contribution in [3.05, 3.63) is 41.5 Å². The minimum atomic E-state index is -1.44. The highest BCUT2D eigenvalue weighted by Crippen LogP contribution is 2.10. The Bertz CT molecular complexity index is 780. The van der Waals surface area contributed by atoms with Crippen LogP contribution in [0.4, 0.5) is 5.69 Å². The van der Waals surface area contributed by atoms with Crippen molar-refractivity contribution < 1.29 is 13.5 Å². The molecule has 1 aromatic heterocycles. The molecule has 0 spiro atoms. The molecule has 1 amide bonds. The van der Waals surface area contributed by atoms with Crippen molar-refractivity contribution >= 4 is 22.4 Å². The fraction of sp³-hybridized carbons (Fsp3) is 0.375. The van der Waals surface area contributed by atoms with E-state index in [4.69, 9.17) is 9.78 Å². The lowest BCUT2D eigenvalue weighted by molar-refractivity contribution is -0.113. The van der Waals surface area contributed by atoms with E-state index in [0.29, 0.717) is 35.3 Å². The number of benzene rings is 1. The predicted octanol–water partition coefficient (Wildman–Crippen LogP) is 2.03. The van der Waals surface area contributed by atoms with Gasteiger partial charge in [0, 0.05) is 22.9 Å². The van der Waals surface area contributed by atoms with Crippen LogP contribution >= 0.6 is 0 Å². The lowest BCUT2D eigenvalue weighted by Crippen LogP contribution is -2.20. The van der Waals surface area contributed by atoms with E-state index in [-0.39, 0.29) is 11.5 Å². The molecule has 0 bridgehead atoms. The molecule has 1 N–H and O–H groups in total. The highest BCUT2D eigenvalue weighted by molar-refractivity contribution is 7.84. The van der Waals surface area contributed by atoms with Gasteiger partial charge < -0.3 is 9.84 Å². The summed E-state index contributed by atoms with van der Waals surface area (Å²) in [7, 11) is -1.44. The van der Waals surface area contributed by atoms with Gasteiger partial charge in [0.25, 0.3) is 0 Å². The zero-order valence-electron chi connectivity index (χ0n) is 13.5. The van der Waals surface area contributed by atoms with Gasteiger partial charge in [0.15, 0.2) is 5.82 Å². The van der Waals surface area contributed by atoms with E-state index in [9.17, 15) is 9.00 Å². The van der Waals surface area contributed by atoms with E-state index in [1.165, 1.54) is 0 Å². The third-order valence-corrected chi connectivity index (χ3v) is 4.11. The van der Waals surface area contributed by atoms with Crippen molar-refractivity contribution in [2.24, 2.45) is 5.92 Å². The molecule has 0 aliphatic heterocycles. The molecular formula is C16H18N4O3S. The molecule has 0 unspecified atom stereocenters.